The van der Waals surface area contributed by atoms with Gasteiger partial charge in [-0.05, 0) is 23.3 Å². The van der Waals surface area contributed by atoms with E-state index in [1.807, 2.05) is 36.4 Å². The van der Waals surface area contributed by atoms with Gasteiger partial charge in [-0.1, -0.05) is 59.6 Å². The highest BCUT2D eigenvalue weighted by Gasteiger charge is 2.23. The number of fused-ring (bicyclic) bond motifs is 4. The summed E-state index contributed by atoms with van der Waals surface area (Å²) in [6, 6.07) is 16.2. The van der Waals surface area contributed by atoms with E-state index in [1.54, 1.807) is 0 Å². The molecule has 4 heteroatoms. The Morgan fingerprint density at radius 2 is 1.04 bits per heavy atom. The summed E-state index contributed by atoms with van der Waals surface area (Å²) in [7, 11) is 0. The molecule has 3 aromatic rings. The van der Waals surface area contributed by atoms with Gasteiger partial charge in [0.1, 0.15) is 0 Å². The highest BCUT2D eigenvalue weighted by atomic mass is 35.5. The molecule has 0 saturated carbocycles. The van der Waals surface area contributed by atoms with E-state index in [4.69, 9.17) is 33.2 Å². The predicted octanol–water partition coefficient (Wildman–Crippen LogP) is 4.70. The van der Waals surface area contributed by atoms with Crippen LogP contribution < -0.4 is 10.7 Å². The number of halogens is 2. The summed E-state index contributed by atoms with van der Waals surface area (Å²) in [4.78, 5) is 9.55. The molecular formula is C20H12Cl2N2. The Hall–Kier alpha value is -2.16. The molecule has 0 spiro atoms. The molecule has 0 amide bonds. The zero-order valence-electron chi connectivity index (χ0n) is 12.7. The third kappa shape index (κ3) is 1.97. The molecule has 3 aromatic carbocycles. The predicted molar refractivity (Wildman–Crippen MR) is 96.6 cm³/mol. The first-order chi connectivity index (χ1) is 11.7. The average Bonchev–Trinajstić information content (AvgIpc) is 2.64. The van der Waals surface area contributed by atoms with Crippen molar-refractivity contribution in [1.29, 1.82) is 0 Å². The van der Waals surface area contributed by atoms with Crippen LogP contribution in [0.2, 0.25) is 10.0 Å². The van der Waals surface area contributed by atoms with Crippen LogP contribution in [-0.4, -0.2) is 0 Å². The minimum atomic E-state index is 0.678. The summed E-state index contributed by atoms with van der Waals surface area (Å²) in [5.41, 5.74) is 6.22. The summed E-state index contributed by atoms with van der Waals surface area (Å²) < 4.78 is 0. The van der Waals surface area contributed by atoms with Gasteiger partial charge in [0.05, 0.1) is 32.1 Å². The minimum absolute atomic E-state index is 0.678. The Balaban J connectivity index is 1.87. The first-order valence-electron chi connectivity index (χ1n) is 7.84. The molecule has 2 nitrogen and oxygen atoms in total. The van der Waals surface area contributed by atoms with Crippen LogP contribution in [0.3, 0.4) is 0 Å². The van der Waals surface area contributed by atoms with E-state index in [0.717, 1.165) is 46.1 Å². The van der Waals surface area contributed by atoms with E-state index in [-0.39, 0.29) is 0 Å². The van der Waals surface area contributed by atoms with Gasteiger partial charge in [-0.15, -0.1) is 0 Å². The van der Waals surface area contributed by atoms with Gasteiger partial charge in [0.2, 0.25) is 0 Å². The maximum Gasteiger partial charge on any atom is 0.0877 e. The van der Waals surface area contributed by atoms with Gasteiger partial charge in [-0.3, -0.25) is 0 Å². The Bertz CT molecular complexity index is 1040. The van der Waals surface area contributed by atoms with Crippen molar-refractivity contribution in [3.8, 4) is 0 Å². The lowest BCUT2D eigenvalue weighted by Crippen LogP contribution is -2.28. The maximum atomic E-state index is 6.74. The number of hydrogen-bond donors (Lipinski definition) is 0. The highest BCUT2D eigenvalue weighted by molar-refractivity contribution is 6.34. The second kappa shape index (κ2) is 5.17. The van der Waals surface area contributed by atoms with Gasteiger partial charge in [0.25, 0.3) is 0 Å². The number of benzene rings is 3. The fraction of sp³-hybridized carbons (Fsp3) is 0.100. The third-order valence-electron chi connectivity index (χ3n) is 4.70. The number of nitrogens with zero attached hydrogens (tertiary/aromatic N) is 2. The molecule has 116 valence electrons. The highest BCUT2D eigenvalue weighted by Crippen LogP contribution is 2.32. The maximum absolute atomic E-state index is 6.74. The molecule has 0 radical (unpaired) electrons. The molecule has 24 heavy (non-hydrogen) atoms. The van der Waals surface area contributed by atoms with Crippen molar-refractivity contribution in [2.45, 2.75) is 12.8 Å². The fourth-order valence-electron chi connectivity index (χ4n) is 3.48. The van der Waals surface area contributed by atoms with Crippen molar-refractivity contribution in [2.75, 3.05) is 0 Å². The van der Waals surface area contributed by atoms with Crippen molar-refractivity contribution >= 4 is 34.6 Å². The van der Waals surface area contributed by atoms with E-state index in [2.05, 4.69) is 12.1 Å². The van der Waals surface area contributed by atoms with E-state index >= 15 is 0 Å². The van der Waals surface area contributed by atoms with Crippen molar-refractivity contribution < 1.29 is 0 Å². The zero-order chi connectivity index (χ0) is 16.3. The summed E-state index contributed by atoms with van der Waals surface area (Å²) >= 11 is 13.5. The van der Waals surface area contributed by atoms with Crippen LogP contribution >= 0.6 is 23.2 Å². The molecule has 0 bridgehead atoms. The fourth-order valence-corrected chi connectivity index (χ4v) is 4.10. The summed E-state index contributed by atoms with van der Waals surface area (Å²) in [6.45, 7) is 0. The summed E-state index contributed by atoms with van der Waals surface area (Å²) in [5.74, 6) is 0. The van der Waals surface area contributed by atoms with Gasteiger partial charge in [0.15, 0.2) is 0 Å². The minimum Gasteiger partial charge on any atom is -0.247 e. The topological polar surface area (TPSA) is 24.7 Å². The first-order valence-corrected chi connectivity index (χ1v) is 8.60. The van der Waals surface area contributed by atoms with Gasteiger partial charge >= 0.3 is 0 Å². The van der Waals surface area contributed by atoms with Crippen LogP contribution in [0.1, 0.15) is 22.3 Å². The Kier molecular flexibility index (Phi) is 3.06. The summed E-state index contributed by atoms with van der Waals surface area (Å²) in [6.07, 6.45) is 1.47. The van der Waals surface area contributed by atoms with Crippen LogP contribution in [0.25, 0.3) is 0 Å². The number of rotatable bonds is 0. The Morgan fingerprint density at radius 3 is 1.50 bits per heavy atom. The van der Waals surface area contributed by atoms with Crippen LogP contribution in [-0.2, 0) is 12.8 Å². The molecule has 2 heterocycles. The summed E-state index contributed by atoms with van der Waals surface area (Å²) in [5, 5.41) is 2.96. The van der Waals surface area contributed by atoms with E-state index in [0.29, 0.717) is 10.0 Å². The Morgan fingerprint density at radius 1 is 0.625 bits per heavy atom. The normalized spacial score (nSPS) is 13.8. The van der Waals surface area contributed by atoms with Crippen molar-refractivity contribution in [1.82, 2.24) is 0 Å². The lowest BCUT2D eigenvalue weighted by atomic mass is 9.94. The number of hydrogen-bond acceptors (Lipinski definition) is 2. The van der Waals surface area contributed by atoms with Crippen LogP contribution in [0, 0.1) is 0 Å². The molecular weight excluding hydrogens is 339 g/mol. The van der Waals surface area contributed by atoms with Crippen LogP contribution in [0.5, 0.6) is 0 Å². The second-order valence-corrected chi connectivity index (χ2v) is 6.87. The third-order valence-corrected chi connectivity index (χ3v) is 5.51. The van der Waals surface area contributed by atoms with Gasteiger partial charge in [-0.2, -0.15) is 0 Å². The van der Waals surface area contributed by atoms with Gasteiger partial charge in [-0.25, -0.2) is 9.98 Å². The SMILES string of the molecule is Clc1c2c(c(Cl)c3c1=Nc1ccccc1C3)=Nc1ccccc1C2. The van der Waals surface area contributed by atoms with Crippen molar-refractivity contribution in [3.05, 3.63) is 91.5 Å². The molecule has 5 rings (SSSR count). The number of para-hydroxylation sites is 2. The zero-order valence-corrected chi connectivity index (χ0v) is 14.2. The molecule has 0 N–H and O–H groups in total. The lowest BCUT2D eigenvalue weighted by Gasteiger charge is -2.20. The van der Waals surface area contributed by atoms with E-state index in [1.165, 1.54) is 11.1 Å². The molecule has 2 aliphatic rings. The molecule has 0 aromatic heterocycles. The van der Waals surface area contributed by atoms with E-state index < -0.39 is 0 Å². The molecule has 0 atom stereocenters. The average molecular weight is 351 g/mol. The molecule has 0 saturated heterocycles. The molecule has 2 aliphatic heterocycles. The molecule has 0 fully saturated rings. The second-order valence-electron chi connectivity index (χ2n) is 6.12. The van der Waals surface area contributed by atoms with Crippen molar-refractivity contribution in [2.24, 2.45) is 9.98 Å². The van der Waals surface area contributed by atoms with Gasteiger partial charge < -0.3 is 0 Å². The smallest absolute Gasteiger partial charge is 0.0877 e. The van der Waals surface area contributed by atoms with Gasteiger partial charge in [0, 0.05) is 24.0 Å². The largest absolute Gasteiger partial charge is 0.247 e. The monoisotopic (exact) mass is 350 g/mol. The van der Waals surface area contributed by atoms with E-state index in [9.17, 15) is 0 Å². The van der Waals surface area contributed by atoms with Crippen molar-refractivity contribution in [3.63, 3.8) is 0 Å². The molecule has 0 aliphatic carbocycles. The van der Waals surface area contributed by atoms with Crippen LogP contribution in [0.15, 0.2) is 58.5 Å². The lowest BCUT2D eigenvalue weighted by molar-refractivity contribution is 1.01. The standard InChI is InChI=1S/C20H12Cl2N2/c21-17-13-9-11-5-1-3-7-15(11)23-19(13)18(22)14-10-12-6-2-4-8-16(12)24-20(14)17/h1-8H,9-10H2. The molecule has 0 unspecified atom stereocenters. The Labute approximate surface area is 149 Å². The first kappa shape index (κ1) is 14.2. The van der Waals surface area contributed by atoms with Crippen LogP contribution in [0.4, 0.5) is 11.4 Å². The quantitative estimate of drug-likeness (QED) is 0.386.